The molecule has 2 heterocycles. The van der Waals surface area contributed by atoms with E-state index in [0.717, 1.165) is 16.9 Å². The number of benzene rings is 1. The van der Waals surface area contributed by atoms with Crippen molar-refractivity contribution in [2.75, 3.05) is 31.3 Å². The number of carbonyl (C=O) groups excluding carboxylic acids is 3. The molecule has 2 aromatic rings. The summed E-state index contributed by atoms with van der Waals surface area (Å²) in [5.74, 6) is -0.742. The predicted molar refractivity (Wildman–Crippen MR) is 143 cm³/mol. The first-order valence-electron chi connectivity index (χ1n) is 12.1. The molecule has 0 unspecified atom stereocenters. The number of likely N-dealkylation sites (tertiary alicyclic amines) is 1. The summed E-state index contributed by atoms with van der Waals surface area (Å²) in [7, 11) is 3.31. The van der Waals surface area contributed by atoms with Gasteiger partial charge in [0.05, 0.1) is 5.69 Å². The van der Waals surface area contributed by atoms with Crippen molar-refractivity contribution < 1.29 is 34.2 Å². The summed E-state index contributed by atoms with van der Waals surface area (Å²) in [6, 6.07) is 6.33. The van der Waals surface area contributed by atoms with E-state index in [9.17, 15) is 24.0 Å². The Hall–Kier alpha value is -4.40. The van der Waals surface area contributed by atoms with Gasteiger partial charge in [0.1, 0.15) is 10.9 Å². The molecule has 1 aromatic carbocycles. The van der Waals surface area contributed by atoms with Crippen molar-refractivity contribution in [1.82, 2.24) is 25.4 Å². The van der Waals surface area contributed by atoms with Crippen LogP contribution in [0.5, 0.6) is 0 Å². The fraction of sp³-hybridized carbons (Fsp3) is 0.417. The van der Waals surface area contributed by atoms with Gasteiger partial charge in [0, 0.05) is 33.3 Å². The summed E-state index contributed by atoms with van der Waals surface area (Å²) >= 11 is 1.08. The lowest BCUT2D eigenvalue weighted by atomic mass is 10.1. The Bertz CT molecular complexity index is 1220. The molecule has 39 heavy (non-hydrogen) atoms. The van der Waals surface area contributed by atoms with Crippen LogP contribution < -0.4 is 21.3 Å². The largest absolute Gasteiger partial charge is 0.465 e. The summed E-state index contributed by atoms with van der Waals surface area (Å²) in [4.78, 5) is 67.5. The first-order valence-corrected chi connectivity index (χ1v) is 12.9. The summed E-state index contributed by atoms with van der Waals surface area (Å²) in [6.07, 6.45) is -1.89. The number of nitrogens with zero attached hydrogens (tertiary/aromatic N) is 3. The molecule has 0 saturated carbocycles. The number of aromatic nitrogens is 1. The van der Waals surface area contributed by atoms with E-state index in [1.807, 2.05) is 10.6 Å². The van der Waals surface area contributed by atoms with E-state index >= 15 is 0 Å². The van der Waals surface area contributed by atoms with E-state index in [1.54, 1.807) is 43.3 Å². The third kappa shape index (κ3) is 8.04. The van der Waals surface area contributed by atoms with E-state index in [1.165, 1.54) is 11.8 Å². The minimum atomic E-state index is -1.41. The number of hydrogen-bond donors (Lipinski definition) is 6. The molecule has 1 aromatic heterocycles. The number of carboxylic acid groups (broad SMARTS) is 2. The number of likely N-dealkylation sites (N-methyl/N-ethyl adjacent to an activating group) is 1. The number of carbonyl (C=O) groups is 5. The van der Waals surface area contributed by atoms with Crippen LogP contribution in [0.1, 0.15) is 40.7 Å². The average Bonchev–Trinajstić information content (AvgIpc) is 3.48. The molecule has 3 rings (SSSR count). The molecular formula is C24H31N7O7S. The predicted octanol–water partition coefficient (Wildman–Crippen LogP) is 1.81. The van der Waals surface area contributed by atoms with Crippen LogP contribution in [0.4, 0.5) is 20.4 Å². The molecule has 0 aliphatic carbocycles. The Balaban J connectivity index is 1.74. The topological polar surface area (TPSA) is 193 Å². The van der Waals surface area contributed by atoms with Gasteiger partial charge in [-0.1, -0.05) is 23.5 Å². The molecule has 210 valence electrons. The SMILES string of the molecule is CC(=O)Nc1nc(CCc2ccc(NC(NC(=O)O)NC(=O)O)cc2)c(C(=O)N2CCC[C@@H]2C(=O)N(C)C)s1. The van der Waals surface area contributed by atoms with Crippen LogP contribution in [0.15, 0.2) is 24.3 Å². The van der Waals surface area contributed by atoms with Gasteiger partial charge in [-0.2, -0.15) is 0 Å². The minimum absolute atomic E-state index is 0.137. The lowest BCUT2D eigenvalue weighted by Gasteiger charge is -2.26. The number of aryl methyl sites for hydroxylation is 2. The van der Waals surface area contributed by atoms with E-state index in [-0.39, 0.29) is 17.7 Å². The molecule has 0 spiro atoms. The number of amides is 5. The van der Waals surface area contributed by atoms with Crippen LogP contribution in [0.2, 0.25) is 0 Å². The molecule has 5 amide bonds. The highest BCUT2D eigenvalue weighted by atomic mass is 32.1. The van der Waals surface area contributed by atoms with Gasteiger partial charge in [-0.05, 0) is 43.4 Å². The first-order chi connectivity index (χ1) is 18.4. The van der Waals surface area contributed by atoms with Crippen LogP contribution in [-0.4, -0.2) is 87.9 Å². The van der Waals surface area contributed by atoms with Gasteiger partial charge in [0.2, 0.25) is 11.8 Å². The normalized spacial score (nSPS) is 14.6. The Morgan fingerprint density at radius 1 is 1.08 bits per heavy atom. The molecule has 1 atom stereocenters. The minimum Gasteiger partial charge on any atom is -0.465 e. The molecule has 1 saturated heterocycles. The standard InChI is InChI=1S/C24H31N7O7S/c1-13(32)25-22-27-16(18(39-22)20(34)31-12-4-5-17(31)19(33)30(2)3)11-8-14-6-9-15(10-7-14)26-21(28-23(35)36)29-24(37)38/h6-7,9-10,17,21,26,28-29H,4-5,8,11-12H2,1-3H3,(H,35,36)(H,37,38)(H,25,27,32)/t17-/m1/s1. The van der Waals surface area contributed by atoms with Crippen molar-refractivity contribution in [2.24, 2.45) is 0 Å². The van der Waals surface area contributed by atoms with Crippen LogP contribution in [0.3, 0.4) is 0 Å². The summed E-state index contributed by atoms with van der Waals surface area (Å²) in [5.41, 5.74) is 1.86. The van der Waals surface area contributed by atoms with Crippen LogP contribution >= 0.6 is 11.3 Å². The van der Waals surface area contributed by atoms with Crippen molar-refractivity contribution in [3.05, 3.63) is 40.4 Å². The molecule has 0 bridgehead atoms. The summed E-state index contributed by atoms with van der Waals surface area (Å²) < 4.78 is 0. The maximum atomic E-state index is 13.5. The van der Waals surface area contributed by atoms with Gasteiger partial charge in [-0.3, -0.25) is 25.0 Å². The quantitative estimate of drug-likeness (QED) is 0.235. The Kier molecular flexibility index (Phi) is 9.65. The van der Waals surface area contributed by atoms with E-state index in [4.69, 9.17) is 10.2 Å². The average molecular weight is 562 g/mol. The molecule has 15 heteroatoms. The van der Waals surface area contributed by atoms with Gasteiger partial charge in [0.15, 0.2) is 11.4 Å². The maximum absolute atomic E-state index is 13.5. The highest BCUT2D eigenvalue weighted by Crippen LogP contribution is 2.29. The van der Waals surface area contributed by atoms with Crippen molar-refractivity contribution >= 4 is 52.1 Å². The lowest BCUT2D eigenvalue weighted by Crippen LogP contribution is -2.52. The van der Waals surface area contributed by atoms with E-state index in [2.05, 4.69) is 15.6 Å². The number of hydrogen-bond acceptors (Lipinski definition) is 8. The van der Waals surface area contributed by atoms with Crippen molar-refractivity contribution in [1.29, 1.82) is 0 Å². The van der Waals surface area contributed by atoms with Crippen LogP contribution in [-0.2, 0) is 22.4 Å². The smallest absolute Gasteiger partial charge is 0.407 e. The maximum Gasteiger partial charge on any atom is 0.407 e. The zero-order valence-electron chi connectivity index (χ0n) is 21.7. The Labute approximate surface area is 228 Å². The number of anilines is 2. The number of thiazole rings is 1. The second-order valence-corrected chi connectivity index (χ2v) is 10.0. The third-order valence-electron chi connectivity index (χ3n) is 5.87. The fourth-order valence-electron chi connectivity index (χ4n) is 4.14. The molecule has 6 N–H and O–H groups in total. The second kappa shape index (κ2) is 12.9. The highest BCUT2D eigenvalue weighted by molar-refractivity contribution is 7.17. The van der Waals surface area contributed by atoms with Gasteiger partial charge >= 0.3 is 12.2 Å². The van der Waals surface area contributed by atoms with Gasteiger partial charge < -0.3 is 30.6 Å². The molecule has 1 aliphatic rings. The van der Waals surface area contributed by atoms with Crippen LogP contribution in [0, 0.1) is 0 Å². The third-order valence-corrected chi connectivity index (χ3v) is 6.87. The van der Waals surface area contributed by atoms with E-state index < -0.39 is 24.5 Å². The second-order valence-electron chi connectivity index (χ2n) is 9.04. The van der Waals surface area contributed by atoms with Gasteiger partial charge in [-0.15, -0.1) is 0 Å². The lowest BCUT2D eigenvalue weighted by molar-refractivity contribution is -0.132. The summed E-state index contributed by atoms with van der Waals surface area (Å²) in [5, 5.41) is 27.5. The number of nitrogens with one attached hydrogen (secondary N) is 4. The van der Waals surface area contributed by atoms with Crippen molar-refractivity contribution in [3.63, 3.8) is 0 Å². The monoisotopic (exact) mass is 561 g/mol. The van der Waals surface area contributed by atoms with Crippen molar-refractivity contribution in [3.8, 4) is 0 Å². The fourth-order valence-corrected chi connectivity index (χ4v) is 5.15. The molecule has 1 fully saturated rings. The first kappa shape index (κ1) is 29.2. The molecular weight excluding hydrogens is 530 g/mol. The Morgan fingerprint density at radius 2 is 1.72 bits per heavy atom. The van der Waals surface area contributed by atoms with Crippen LogP contribution in [0.25, 0.3) is 0 Å². The highest BCUT2D eigenvalue weighted by Gasteiger charge is 2.37. The Morgan fingerprint density at radius 3 is 2.28 bits per heavy atom. The number of rotatable bonds is 10. The molecule has 14 nitrogen and oxygen atoms in total. The van der Waals surface area contributed by atoms with Gasteiger partial charge in [-0.25, -0.2) is 14.6 Å². The molecule has 1 aliphatic heterocycles. The summed E-state index contributed by atoms with van der Waals surface area (Å²) in [6.45, 7) is 1.81. The van der Waals surface area contributed by atoms with Crippen molar-refractivity contribution in [2.45, 2.75) is 44.9 Å². The molecule has 0 radical (unpaired) electrons. The zero-order chi connectivity index (χ0) is 28.7. The van der Waals surface area contributed by atoms with E-state index in [0.29, 0.717) is 53.6 Å². The van der Waals surface area contributed by atoms with Gasteiger partial charge in [0.25, 0.3) is 5.91 Å². The zero-order valence-corrected chi connectivity index (χ0v) is 22.5.